The van der Waals surface area contributed by atoms with Gasteiger partial charge >= 0.3 is 6.03 Å². The number of nitrogens with zero attached hydrogens (tertiary/aromatic N) is 1. The van der Waals surface area contributed by atoms with Gasteiger partial charge in [0, 0.05) is 44.7 Å². The summed E-state index contributed by atoms with van der Waals surface area (Å²) >= 11 is 0. The van der Waals surface area contributed by atoms with Crippen molar-refractivity contribution in [1.29, 1.82) is 0 Å². The first kappa shape index (κ1) is 18.0. The second kappa shape index (κ2) is 8.50. The van der Waals surface area contributed by atoms with Gasteiger partial charge in [-0.25, -0.2) is 4.79 Å². The molecule has 0 radical (unpaired) electrons. The van der Waals surface area contributed by atoms with Gasteiger partial charge in [0.05, 0.1) is 19.8 Å². The average Bonchev–Trinajstić information content (AvgIpc) is 3.27. The zero-order valence-electron chi connectivity index (χ0n) is 15.0. The van der Waals surface area contributed by atoms with Gasteiger partial charge in [-0.1, -0.05) is 19.8 Å². The number of rotatable bonds is 6. The number of carbonyl (C=O) groups excluding carboxylic acids is 1. The molecule has 1 saturated carbocycles. The zero-order valence-corrected chi connectivity index (χ0v) is 15.0. The molecule has 2 N–H and O–H groups in total. The van der Waals surface area contributed by atoms with Crippen LogP contribution in [-0.4, -0.2) is 69.6 Å². The van der Waals surface area contributed by atoms with Crippen LogP contribution in [0.15, 0.2) is 0 Å². The van der Waals surface area contributed by atoms with Crippen LogP contribution in [0.3, 0.4) is 0 Å². The molecular formula is C18H33N3O3. The molecule has 0 bridgehead atoms. The third kappa shape index (κ3) is 4.83. The van der Waals surface area contributed by atoms with Crippen molar-refractivity contribution in [2.24, 2.45) is 11.3 Å². The summed E-state index contributed by atoms with van der Waals surface area (Å²) in [5, 5.41) is 6.20. The summed E-state index contributed by atoms with van der Waals surface area (Å²) < 4.78 is 11.0. The molecule has 0 spiro atoms. The van der Waals surface area contributed by atoms with Gasteiger partial charge in [-0.15, -0.1) is 0 Å². The topological polar surface area (TPSA) is 62.8 Å². The van der Waals surface area contributed by atoms with E-state index in [9.17, 15) is 4.79 Å². The third-order valence-corrected chi connectivity index (χ3v) is 5.98. The molecule has 2 heterocycles. The van der Waals surface area contributed by atoms with Crippen molar-refractivity contribution in [2.75, 3.05) is 52.6 Å². The number of amides is 2. The maximum atomic E-state index is 12.2. The van der Waals surface area contributed by atoms with Crippen molar-refractivity contribution in [3.8, 4) is 0 Å². The van der Waals surface area contributed by atoms with Gasteiger partial charge in [-0.3, -0.25) is 4.90 Å². The van der Waals surface area contributed by atoms with Crippen LogP contribution in [0, 0.1) is 11.3 Å². The van der Waals surface area contributed by atoms with Crippen molar-refractivity contribution in [3.05, 3.63) is 0 Å². The molecule has 2 amide bonds. The highest BCUT2D eigenvalue weighted by molar-refractivity contribution is 5.73. The number of carbonyl (C=O) groups is 1. The van der Waals surface area contributed by atoms with Crippen LogP contribution in [0.25, 0.3) is 0 Å². The SMILES string of the molecule is CC1(CNC(=O)NC[C@H]([C@@H]2CCOC2)N2CCOCC2)CCCC1. The second-order valence-corrected chi connectivity index (χ2v) is 7.92. The molecule has 2 aliphatic heterocycles. The lowest BCUT2D eigenvalue weighted by atomic mass is 9.89. The Balaban J connectivity index is 1.46. The molecule has 6 nitrogen and oxygen atoms in total. The highest BCUT2D eigenvalue weighted by Gasteiger charge is 2.32. The molecule has 3 aliphatic rings. The smallest absolute Gasteiger partial charge is 0.314 e. The maximum Gasteiger partial charge on any atom is 0.314 e. The highest BCUT2D eigenvalue weighted by Crippen LogP contribution is 2.36. The fraction of sp³-hybridized carbons (Fsp3) is 0.944. The standard InChI is InChI=1S/C18H33N3O3/c1-18(5-2-3-6-18)14-20-17(22)19-12-16(15-4-9-24-13-15)21-7-10-23-11-8-21/h15-16H,2-14H2,1H3,(H2,19,20,22)/t15-,16-/m1/s1. The third-order valence-electron chi connectivity index (χ3n) is 5.98. The van der Waals surface area contributed by atoms with E-state index in [0.29, 0.717) is 23.9 Å². The minimum Gasteiger partial charge on any atom is -0.381 e. The molecule has 6 heteroatoms. The normalized spacial score (nSPS) is 28.6. The Morgan fingerprint density at radius 1 is 1.17 bits per heavy atom. The fourth-order valence-electron chi connectivity index (χ4n) is 4.32. The number of ether oxygens (including phenoxy) is 2. The number of morpholine rings is 1. The number of nitrogens with one attached hydrogen (secondary N) is 2. The van der Waals surface area contributed by atoms with Gasteiger partial charge in [-0.05, 0) is 24.7 Å². The lowest BCUT2D eigenvalue weighted by molar-refractivity contribution is 0.00211. The van der Waals surface area contributed by atoms with Crippen molar-refractivity contribution < 1.29 is 14.3 Å². The number of urea groups is 1. The van der Waals surface area contributed by atoms with Crippen LogP contribution in [0.1, 0.15) is 39.0 Å². The molecule has 0 aromatic carbocycles. The fourth-order valence-corrected chi connectivity index (χ4v) is 4.32. The Kier molecular flexibility index (Phi) is 6.36. The molecule has 24 heavy (non-hydrogen) atoms. The van der Waals surface area contributed by atoms with Gasteiger partial charge in [0.1, 0.15) is 0 Å². The van der Waals surface area contributed by atoms with E-state index >= 15 is 0 Å². The van der Waals surface area contributed by atoms with Gasteiger partial charge in [0.25, 0.3) is 0 Å². The Hall–Kier alpha value is -0.850. The van der Waals surface area contributed by atoms with E-state index in [-0.39, 0.29) is 6.03 Å². The molecule has 3 rings (SSSR count). The Bertz CT molecular complexity index is 400. The summed E-state index contributed by atoms with van der Waals surface area (Å²) in [4.78, 5) is 14.7. The van der Waals surface area contributed by atoms with Crippen LogP contribution < -0.4 is 10.6 Å². The van der Waals surface area contributed by atoms with Crippen molar-refractivity contribution in [2.45, 2.75) is 45.1 Å². The summed E-state index contributed by atoms with van der Waals surface area (Å²) in [5.74, 6) is 0.510. The summed E-state index contributed by atoms with van der Waals surface area (Å²) in [6.07, 6.45) is 6.12. The van der Waals surface area contributed by atoms with E-state index in [2.05, 4.69) is 22.5 Å². The van der Waals surface area contributed by atoms with Gasteiger partial charge < -0.3 is 20.1 Å². The molecule has 2 saturated heterocycles. The van der Waals surface area contributed by atoms with Crippen LogP contribution in [0.2, 0.25) is 0 Å². The Morgan fingerprint density at radius 3 is 2.58 bits per heavy atom. The average molecular weight is 339 g/mol. The summed E-state index contributed by atoms with van der Waals surface area (Å²) in [6.45, 7) is 8.88. The summed E-state index contributed by atoms with van der Waals surface area (Å²) in [6, 6.07) is 0.324. The highest BCUT2D eigenvalue weighted by atomic mass is 16.5. The number of hydrogen-bond acceptors (Lipinski definition) is 4. The zero-order chi connectivity index (χ0) is 16.8. The largest absolute Gasteiger partial charge is 0.381 e. The predicted molar refractivity (Wildman–Crippen MR) is 93.1 cm³/mol. The van der Waals surface area contributed by atoms with Crippen LogP contribution in [0.4, 0.5) is 4.79 Å². The van der Waals surface area contributed by atoms with E-state index in [4.69, 9.17) is 9.47 Å². The molecule has 0 aromatic heterocycles. The molecule has 0 aromatic rings. The first-order valence-electron chi connectivity index (χ1n) is 9.58. The molecule has 2 atom stereocenters. The lowest BCUT2D eigenvalue weighted by Crippen LogP contribution is -2.53. The summed E-state index contributed by atoms with van der Waals surface area (Å²) in [7, 11) is 0. The van der Waals surface area contributed by atoms with Gasteiger partial charge in [-0.2, -0.15) is 0 Å². The monoisotopic (exact) mass is 339 g/mol. The first-order chi connectivity index (χ1) is 11.7. The van der Waals surface area contributed by atoms with Crippen LogP contribution >= 0.6 is 0 Å². The molecule has 3 fully saturated rings. The van der Waals surface area contributed by atoms with E-state index in [1.807, 2.05) is 0 Å². The molecular weight excluding hydrogens is 306 g/mol. The van der Waals surface area contributed by atoms with Crippen LogP contribution in [-0.2, 0) is 9.47 Å². The number of hydrogen-bond donors (Lipinski definition) is 2. The lowest BCUT2D eigenvalue weighted by Gasteiger charge is -2.37. The van der Waals surface area contributed by atoms with E-state index in [0.717, 1.165) is 52.5 Å². The van der Waals surface area contributed by atoms with Gasteiger partial charge in [0.2, 0.25) is 0 Å². The minimum absolute atomic E-state index is 0.0275. The summed E-state index contributed by atoms with van der Waals surface area (Å²) in [5.41, 5.74) is 0.292. The van der Waals surface area contributed by atoms with E-state index in [1.54, 1.807) is 0 Å². The first-order valence-corrected chi connectivity index (χ1v) is 9.58. The van der Waals surface area contributed by atoms with E-state index < -0.39 is 0 Å². The molecule has 0 unspecified atom stereocenters. The van der Waals surface area contributed by atoms with Crippen LogP contribution in [0.5, 0.6) is 0 Å². The van der Waals surface area contributed by atoms with Crippen molar-refractivity contribution >= 4 is 6.03 Å². The van der Waals surface area contributed by atoms with E-state index in [1.165, 1.54) is 25.7 Å². The second-order valence-electron chi connectivity index (χ2n) is 7.92. The molecule has 138 valence electrons. The molecule has 1 aliphatic carbocycles. The Morgan fingerprint density at radius 2 is 1.92 bits per heavy atom. The quantitative estimate of drug-likeness (QED) is 0.772. The van der Waals surface area contributed by atoms with Crippen molar-refractivity contribution in [3.63, 3.8) is 0 Å². The van der Waals surface area contributed by atoms with Gasteiger partial charge in [0.15, 0.2) is 0 Å². The minimum atomic E-state index is -0.0275. The Labute approximate surface area is 145 Å². The maximum absolute atomic E-state index is 12.2. The predicted octanol–water partition coefficient (Wildman–Crippen LogP) is 1.60. The van der Waals surface area contributed by atoms with Crippen molar-refractivity contribution in [1.82, 2.24) is 15.5 Å².